The lowest BCUT2D eigenvalue weighted by Crippen LogP contribution is -2.17. The highest BCUT2D eigenvalue weighted by molar-refractivity contribution is 7.98. The summed E-state index contributed by atoms with van der Waals surface area (Å²) in [5.74, 6) is 0.530. The summed E-state index contributed by atoms with van der Waals surface area (Å²) >= 11 is 7.60. The lowest BCUT2D eigenvalue weighted by Gasteiger charge is -2.04. The molecule has 3 aromatic rings. The molecular weight excluding hydrogens is 390 g/mol. The normalized spacial score (nSPS) is 10.6. The number of nitrogens with zero attached hydrogens (tertiary/aromatic N) is 2. The van der Waals surface area contributed by atoms with Crippen LogP contribution < -0.4 is 5.43 Å². The third-order valence-electron chi connectivity index (χ3n) is 3.85. The third-order valence-corrected chi connectivity index (χ3v) is 5.19. The standard InChI is InChI=1S/C22H16ClN3OS/c23-20-9-11-21(12-10-20)28-15-18-5-7-19(8-6-18)22(27)26-25-14-17-3-1-16(13-24)2-4-17/h1-12,14H,15H2,(H,26,27). The van der Waals surface area contributed by atoms with E-state index in [4.69, 9.17) is 16.9 Å². The summed E-state index contributed by atoms with van der Waals surface area (Å²) in [4.78, 5) is 13.3. The smallest absolute Gasteiger partial charge is 0.267 e. The Morgan fingerprint density at radius 1 is 1.04 bits per heavy atom. The Bertz CT molecular complexity index is 1010. The fraction of sp³-hybridized carbons (Fsp3) is 0.0455. The van der Waals surface area contributed by atoms with Gasteiger partial charge in [0.25, 0.3) is 5.91 Å². The first-order chi connectivity index (χ1) is 13.6. The molecule has 3 rings (SSSR count). The van der Waals surface area contributed by atoms with Crippen LogP contribution in [0.5, 0.6) is 0 Å². The lowest BCUT2D eigenvalue weighted by molar-refractivity contribution is 0.0955. The fourth-order valence-electron chi connectivity index (χ4n) is 2.32. The van der Waals surface area contributed by atoms with Gasteiger partial charge in [0.15, 0.2) is 0 Å². The van der Waals surface area contributed by atoms with Gasteiger partial charge < -0.3 is 0 Å². The van der Waals surface area contributed by atoms with Crippen molar-refractivity contribution in [3.8, 4) is 6.07 Å². The third kappa shape index (κ3) is 5.71. The molecule has 0 unspecified atom stereocenters. The van der Waals surface area contributed by atoms with E-state index < -0.39 is 0 Å². The van der Waals surface area contributed by atoms with Crippen molar-refractivity contribution in [3.63, 3.8) is 0 Å². The molecule has 0 aliphatic carbocycles. The number of carbonyl (C=O) groups excluding carboxylic acids is 1. The molecule has 28 heavy (non-hydrogen) atoms. The number of nitriles is 1. The Hall–Kier alpha value is -3.07. The molecule has 0 aromatic heterocycles. The molecule has 0 heterocycles. The number of rotatable bonds is 6. The van der Waals surface area contributed by atoms with Crippen LogP contribution in [0.15, 0.2) is 82.8 Å². The van der Waals surface area contributed by atoms with E-state index in [1.165, 1.54) is 6.21 Å². The second kappa shape index (κ2) is 9.75. The first-order valence-electron chi connectivity index (χ1n) is 8.45. The molecule has 1 amide bonds. The molecule has 0 saturated carbocycles. The highest BCUT2D eigenvalue weighted by atomic mass is 35.5. The number of thioether (sulfide) groups is 1. The predicted molar refractivity (Wildman–Crippen MR) is 114 cm³/mol. The van der Waals surface area contributed by atoms with Crippen LogP contribution in [0.3, 0.4) is 0 Å². The molecule has 0 bridgehead atoms. The van der Waals surface area contributed by atoms with Crippen molar-refractivity contribution in [2.75, 3.05) is 0 Å². The van der Waals surface area contributed by atoms with Crippen LogP contribution in [-0.4, -0.2) is 12.1 Å². The summed E-state index contributed by atoms with van der Waals surface area (Å²) in [5, 5.41) is 13.5. The maximum Gasteiger partial charge on any atom is 0.271 e. The van der Waals surface area contributed by atoms with Gasteiger partial charge in [-0.25, -0.2) is 5.43 Å². The Labute approximate surface area is 172 Å². The monoisotopic (exact) mass is 405 g/mol. The van der Waals surface area contributed by atoms with Crippen LogP contribution in [-0.2, 0) is 5.75 Å². The first-order valence-corrected chi connectivity index (χ1v) is 9.81. The number of hydrogen-bond donors (Lipinski definition) is 1. The second-order valence-electron chi connectivity index (χ2n) is 5.87. The number of hydrazone groups is 1. The van der Waals surface area contributed by atoms with Gasteiger partial charge in [-0.3, -0.25) is 4.79 Å². The zero-order chi connectivity index (χ0) is 19.8. The molecule has 0 radical (unpaired) electrons. The van der Waals surface area contributed by atoms with Crippen molar-refractivity contribution >= 4 is 35.5 Å². The summed E-state index contributed by atoms with van der Waals surface area (Å²) in [6.45, 7) is 0. The van der Waals surface area contributed by atoms with Gasteiger partial charge in [0.05, 0.1) is 17.8 Å². The predicted octanol–water partition coefficient (Wildman–Crippen LogP) is 5.27. The van der Waals surface area contributed by atoms with E-state index >= 15 is 0 Å². The zero-order valence-electron chi connectivity index (χ0n) is 14.8. The average molecular weight is 406 g/mol. The summed E-state index contributed by atoms with van der Waals surface area (Å²) in [5.41, 5.74) is 5.55. The molecule has 4 nitrogen and oxygen atoms in total. The molecule has 0 fully saturated rings. The molecule has 1 N–H and O–H groups in total. The minimum absolute atomic E-state index is 0.276. The van der Waals surface area contributed by atoms with Crippen molar-refractivity contribution in [1.82, 2.24) is 5.43 Å². The van der Waals surface area contributed by atoms with E-state index in [-0.39, 0.29) is 5.91 Å². The van der Waals surface area contributed by atoms with Gasteiger partial charge in [-0.05, 0) is 59.7 Å². The maximum atomic E-state index is 12.2. The summed E-state index contributed by atoms with van der Waals surface area (Å²) in [6.07, 6.45) is 1.54. The quantitative estimate of drug-likeness (QED) is 0.345. The summed E-state index contributed by atoms with van der Waals surface area (Å²) < 4.78 is 0. The van der Waals surface area contributed by atoms with Gasteiger partial charge in [0.2, 0.25) is 0 Å². The molecule has 0 spiro atoms. The van der Waals surface area contributed by atoms with Crippen LogP contribution in [0.4, 0.5) is 0 Å². The molecule has 0 saturated heterocycles. The van der Waals surface area contributed by atoms with Crippen LogP contribution in [0.1, 0.15) is 27.0 Å². The highest BCUT2D eigenvalue weighted by Crippen LogP contribution is 2.24. The molecule has 0 aliphatic rings. The van der Waals surface area contributed by atoms with Crippen LogP contribution in [0.2, 0.25) is 5.02 Å². The van der Waals surface area contributed by atoms with Gasteiger partial charge in [-0.1, -0.05) is 35.9 Å². The van der Waals surface area contributed by atoms with E-state index in [9.17, 15) is 4.79 Å². The topological polar surface area (TPSA) is 65.2 Å². The van der Waals surface area contributed by atoms with Crippen molar-refractivity contribution in [2.24, 2.45) is 5.10 Å². The summed E-state index contributed by atoms with van der Waals surface area (Å²) in [6, 6.07) is 24.1. The van der Waals surface area contributed by atoms with E-state index in [1.807, 2.05) is 36.4 Å². The molecule has 0 atom stereocenters. The maximum absolute atomic E-state index is 12.2. The van der Waals surface area contributed by atoms with Gasteiger partial charge in [-0.15, -0.1) is 11.8 Å². The molecule has 3 aromatic carbocycles. The first kappa shape index (κ1) is 19.7. The SMILES string of the molecule is N#Cc1ccc(C=NNC(=O)c2ccc(CSc3ccc(Cl)cc3)cc2)cc1. The Morgan fingerprint density at radius 2 is 1.71 bits per heavy atom. The second-order valence-corrected chi connectivity index (χ2v) is 7.36. The minimum Gasteiger partial charge on any atom is -0.267 e. The molecule has 6 heteroatoms. The van der Waals surface area contributed by atoms with E-state index in [0.29, 0.717) is 11.1 Å². The largest absolute Gasteiger partial charge is 0.271 e. The zero-order valence-corrected chi connectivity index (χ0v) is 16.4. The van der Waals surface area contributed by atoms with Crippen LogP contribution in [0.25, 0.3) is 0 Å². The van der Waals surface area contributed by atoms with Crippen molar-refractivity contribution in [2.45, 2.75) is 10.6 Å². The number of benzene rings is 3. The van der Waals surface area contributed by atoms with E-state index in [2.05, 4.69) is 16.6 Å². The molecular formula is C22H16ClN3OS. The number of amides is 1. The Balaban J connectivity index is 1.52. The van der Waals surface area contributed by atoms with Gasteiger partial charge in [0, 0.05) is 21.2 Å². The minimum atomic E-state index is -0.276. The van der Waals surface area contributed by atoms with Gasteiger partial charge in [0.1, 0.15) is 0 Å². The molecule has 0 aliphatic heterocycles. The highest BCUT2D eigenvalue weighted by Gasteiger charge is 2.04. The van der Waals surface area contributed by atoms with Crippen molar-refractivity contribution < 1.29 is 4.79 Å². The Morgan fingerprint density at radius 3 is 2.36 bits per heavy atom. The number of carbonyl (C=O) groups is 1. The number of nitrogens with one attached hydrogen (secondary N) is 1. The summed E-state index contributed by atoms with van der Waals surface area (Å²) in [7, 11) is 0. The van der Waals surface area contributed by atoms with Crippen LogP contribution >= 0.6 is 23.4 Å². The van der Waals surface area contributed by atoms with Gasteiger partial charge >= 0.3 is 0 Å². The van der Waals surface area contributed by atoms with E-state index in [0.717, 1.165) is 26.8 Å². The average Bonchev–Trinajstić information content (AvgIpc) is 2.74. The van der Waals surface area contributed by atoms with Gasteiger partial charge in [-0.2, -0.15) is 10.4 Å². The van der Waals surface area contributed by atoms with Crippen molar-refractivity contribution in [3.05, 3.63) is 100 Å². The van der Waals surface area contributed by atoms with Crippen molar-refractivity contribution in [1.29, 1.82) is 5.26 Å². The fourth-order valence-corrected chi connectivity index (χ4v) is 3.30. The number of hydrogen-bond acceptors (Lipinski definition) is 4. The number of halogens is 1. The van der Waals surface area contributed by atoms with E-state index in [1.54, 1.807) is 48.2 Å². The lowest BCUT2D eigenvalue weighted by atomic mass is 10.1. The Kier molecular flexibility index (Phi) is 6.85. The molecule has 138 valence electrons. The van der Waals surface area contributed by atoms with Crippen LogP contribution in [0, 0.1) is 11.3 Å².